The molecule has 2 heterocycles. The molecule has 22 heavy (non-hydrogen) atoms. The van der Waals surface area contributed by atoms with Crippen LogP contribution in [0.15, 0.2) is 24.5 Å². The summed E-state index contributed by atoms with van der Waals surface area (Å²) < 4.78 is 13.5. The highest BCUT2D eigenvalue weighted by atomic mass is 19.1. The molecule has 0 bridgehead atoms. The fourth-order valence-corrected chi connectivity index (χ4v) is 2.66. The molecule has 0 radical (unpaired) electrons. The van der Waals surface area contributed by atoms with Gasteiger partial charge in [0.15, 0.2) is 0 Å². The minimum absolute atomic E-state index is 0.0258. The lowest BCUT2D eigenvalue weighted by Crippen LogP contribution is -2.43. The van der Waals surface area contributed by atoms with Gasteiger partial charge in [0, 0.05) is 37.9 Å². The smallest absolute Gasteiger partial charge is 0.231 e. The molecule has 2 rings (SSSR count). The van der Waals surface area contributed by atoms with E-state index in [1.54, 1.807) is 17.3 Å². The summed E-state index contributed by atoms with van der Waals surface area (Å²) in [6.45, 7) is 0.557. The molecule has 1 saturated heterocycles. The van der Waals surface area contributed by atoms with E-state index in [0.29, 0.717) is 25.8 Å². The quantitative estimate of drug-likeness (QED) is 0.744. The summed E-state index contributed by atoms with van der Waals surface area (Å²) in [5.41, 5.74) is 6.20. The van der Waals surface area contributed by atoms with Gasteiger partial charge in [0.1, 0.15) is 6.17 Å². The van der Waals surface area contributed by atoms with Gasteiger partial charge >= 0.3 is 0 Å². The summed E-state index contributed by atoms with van der Waals surface area (Å²) in [7, 11) is 0. The van der Waals surface area contributed by atoms with E-state index in [-0.39, 0.29) is 25.0 Å². The lowest BCUT2D eigenvalue weighted by molar-refractivity contribution is -0.121. The van der Waals surface area contributed by atoms with E-state index in [1.165, 1.54) is 0 Å². The number of nitrogens with one attached hydrogen (secondary N) is 1. The molecule has 1 aromatic heterocycles. The van der Waals surface area contributed by atoms with Crippen molar-refractivity contribution >= 4 is 11.8 Å². The predicted molar refractivity (Wildman–Crippen MR) is 79.6 cm³/mol. The van der Waals surface area contributed by atoms with Crippen molar-refractivity contribution in [3.8, 4) is 0 Å². The standard InChI is InChI=1S/C15H21FN4O2/c16-12-7-13(20(9-12)10-14(17)21)8-19-15(22)2-1-11-3-5-18-6-4-11/h3-6,12-13H,1-2,7-10H2,(H2,17,21)(H,19,22)/t12-,13-/m0/s1. The number of primary amides is 1. The highest BCUT2D eigenvalue weighted by Gasteiger charge is 2.32. The highest BCUT2D eigenvalue weighted by molar-refractivity contribution is 5.76. The average Bonchev–Trinajstić information content (AvgIpc) is 2.83. The van der Waals surface area contributed by atoms with Crippen LogP contribution >= 0.6 is 0 Å². The van der Waals surface area contributed by atoms with Crippen LogP contribution in [0.25, 0.3) is 0 Å². The van der Waals surface area contributed by atoms with E-state index in [0.717, 1.165) is 5.56 Å². The number of aromatic nitrogens is 1. The molecule has 0 spiro atoms. The number of hydrogen-bond acceptors (Lipinski definition) is 4. The van der Waals surface area contributed by atoms with Crippen LogP contribution in [0.3, 0.4) is 0 Å². The monoisotopic (exact) mass is 308 g/mol. The van der Waals surface area contributed by atoms with Gasteiger partial charge in [-0.2, -0.15) is 0 Å². The number of pyridine rings is 1. The number of nitrogens with two attached hydrogens (primary N) is 1. The van der Waals surface area contributed by atoms with E-state index in [9.17, 15) is 14.0 Å². The molecular formula is C15H21FN4O2. The number of alkyl halides is 1. The van der Waals surface area contributed by atoms with E-state index >= 15 is 0 Å². The first kappa shape index (κ1) is 16.4. The van der Waals surface area contributed by atoms with Crippen LogP contribution in [-0.4, -0.2) is 53.5 Å². The SMILES string of the molecule is NC(=O)CN1C[C@@H](F)C[C@H]1CNC(=O)CCc1ccncc1. The van der Waals surface area contributed by atoms with Crippen molar-refractivity contribution in [3.63, 3.8) is 0 Å². The van der Waals surface area contributed by atoms with Gasteiger partial charge in [-0.15, -0.1) is 0 Å². The van der Waals surface area contributed by atoms with Crippen LogP contribution < -0.4 is 11.1 Å². The summed E-state index contributed by atoms with van der Waals surface area (Å²) in [6, 6.07) is 3.56. The molecule has 1 fully saturated rings. The summed E-state index contributed by atoms with van der Waals surface area (Å²) in [6.07, 6.45) is 3.72. The second-order valence-electron chi connectivity index (χ2n) is 5.54. The summed E-state index contributed by atoms with van der Waals surface area (Å²) >= 11 is 0. The van der Waals surface area contributed by atoms with Gasteiger partial charge in [0.05, 0.1) is 6.54 Å². The Morgan fingerprint density at radius 2 is 2.14 bits per heavy atom. The van der Waals surface area contributed by atoms with Gasteiger partial charge in [0.2, 0.25) is 11.8 Å². The number of aryl methyl sites for hydroxylation is 1. The molecule has 1 aromatic rings. The van der Waals surface area contributed by atoms with Crippen molar-refractivity contribution in [3.05, 3.63) is 30.1 Å². The van der Waals surface area contributed by atoms with Crippen LogP contribution in [0.2, 0.25) is 0 Å². The van der Waals surface area contributed by atoms with Crippen molar-refractivity contribution in [1.29, 1.82) is 0 Å². The van der Waals surface area contributed by atoms with Gasteiger partial charge in [-0.25, -0.2) is 4.39 Å². The second-order valence-corrected chi connectivity index (χ2v) is 5.54. The first-order valence-electron chi connectivity index (χ1n) is 7.36. The van der Waals surface area contributed by atoms with Crippen LogP contribution in [0, 0.1) is 0 Å². The molecule has 7 heteroatoms. The molecule has 2 atom stereocenters. The average molecular weight is 308 g/mol. The normalized spacial score (nSPS) is 21.7. The molecule has 0 unspecified atom stereocenters. The number of likely N-dealkylation sites (tertiary alicyclic amines) is 1. The fraction of sp³-hybridized carbons (Fsp3) is 0.533. The van der Waals surface area contributed by atoms with E-state index in [1.807, 2.05) is 12.1 Å². The summed E-state index contributed by atoms with van der Waals surface area (Å²) in [5.74, 6) is -0.568. The van der Waals surface area contributed by atoms with Crippen LogP contribution in [0.5, 0.6) is 0 Å². The number of carbonyl (C=O) groups is 2. The predicted octanol–water partition coefficient (Wildman–Crippen LogP) is 0.0281. The van der Waals surface area contributed by atoms with Gasteiger partial charge < -0.3 is 11.1 Å². The number of hydrogen-bond donors (Lipinski definition) is 2. The van der Waals surface area contributed by atoms with Crippen LogP contribution in [0.4, 0.5) is 4.39 Å². The third kappa shape index (κ3) is 5.07. The largest absolute Gasteiger partial charge is 0.369 e. The Morgan fingerprint density at radius 3 is 2.82 bits per heavy atom. The third-order valence-corrected chi connectivity index (χ3v) is 3.76. The Labute approximate surface area is 128 Å². The molecular weight excluding hydrogens is 287 g/mol. The number of rotatable bonds is 7. The van der Waals surface area contributed by atoms with Gasteiger partial charge in [-0.05, 0) is 30.5 Å². The van der Waals surface area contributed by atoms with Crippen LogP contribution in [0.1, 0.15) is 18.4 Å². The van der Waals surface area contributed by atoms with E-state index in [4.69, 9.17) is 5.73 Å². The van der Waals surface area contributed by atoms with Gasteiger partial charge in [-0.3, -0.25) is 19.5 Å². The molecule has 0 saturated carbocycles. The first-order chi connectivity index (χ1) is 10.5. The lowest BCUT2D eigenvalue weighted by atomic mass is 10.1. The van der Waals surface area contributed by atoms with Crippen LogP contribution in [-0.2, 0) is 16.0 Å². The number of carbonyl (C=O) groups excluding carboxylic acids is 2. The molecule has 120 valence electrons. The van der Waals surface area contributed by atoms with Crippen molar-refractivity contribution in [2.45, 2.75) is 31.5 Å². The maximum atomic E-state index is 13.5. The zero-order valence-electron chi connectivity index (χ0n) is 12.4. The number of halogens is 1. The summed E-state index contributed by atoms with van der Waals surface area (Å²) in [5, 5.41) is 2.80. The third-order valence-electron chi connectivity index (χ3n) is 3.76. The Hall–Kier alpha value is -2.02. The highest BCUT2D eigenvalue weighted by Crippen LogP contribution is 2.19. The Bertz CT molecular complexity index is 512. The van der Waals surface area contributed by atoms with Gasteiger partial charge in [0.25, 0.3) is 0 Å². The minimum atomic E-state index is -0.974. The molecule has 6 nitrogen and oxygen atoms in total. The van der Waals surface area contributed by atoms with Crippen molar-refractivity contribution in [2.75, 3.05) is 19.6 Å². The van der Waals surface area contributed by atoms with Crippen molar-refractivity contribution in [2.24, 2.45) is 5.73 Å². The number of amides is 2. The zero-order chi connectivity index (χ0) is 15.9. The molecule has 0 aliphatic carbocycles. The second kappa shape index (κ2) is 7.84. The van der Waals surface area contributed by atoms with Gasteiger partial charge in [-0.1, -0.05) is 0 Å². The Kier molecular flexibility index (Phi) is 5.83. The fourth-order valence-electron chi connectivity index (χ4n) is 2.66. The number of nitrogens with zero attached hydrogens (tertiary/aromatic N) is 2. The molecule has 1 aliphatic rings. The lowest BCUT2D eigenvalue weighted by Gasteiger charge is -2.22. The maximum Gasteiger partial charge on any atom is 0.231 e. The minimum Gasteiger partial charge on any atom is -0.369 e. The Balaban J connectivity index is 1.74. The molecule has 1 aliphatic heterocycles. The summed E-state index contributed by atoms with van der Waals surface area (Å²) in [4.78, 5) is 28.4. The van der Waals surface area contributed by atoms with E-state index in [2.05, 4.69) is 10.3 Å². The molecule has 3 N–H and O–H groups in total. The van der Waals surface area contributed by atoms with Crippen molar-refractivity contribution < 1.29 is 14.0 Å². The van der Waals surface area contributed by atoms with Crippen molar-refractivity contribution in [1.82, 2.24) is 15.2 Å². The van der Waals surface area contributed by atoms with E-state index < -0.39 is 12.1 Å². The maximum absolute atomic E-state index is 13.5. The first-order valence-corrected chi connectivity index (χ1v) is 7.36. The zero-order valence-corrected chi connectivity index (χ0v) is 12.4. The topological polar surface area (TPSA) is 88.3 Å². The Morgan fingerprint density at radius 1 is 1.41 bits per heavy atom. The molecule has 0 aromatic carbocycles. The molecule has 2 amide bonds.